The highest BCUT2D eigenvalue weighted by Crippen LogP contribution is 2.41. The molecular formula is C18H28N2O3. The number of carbonyl (C=O) groups is 1. The van der Waals surface area contributed by atoms with Crippen molar-refractivity contribution in [1.29, 1.82) is 0 Å². The number of hydrogen-bond acceptors (Lipinski definition) is 3. The van der Waals surface area contributed by atoms with Crippen LogP contribution in [0.25, 0.3) is 0 Å². The molecule has 1 aromatic carbocycles. The Balaban J connectivity index is 2.10. The predicted octanol–water partition coefficient (Wildman–Crippen LogP) is 2.95. The molecule has 23 heavy (non-hydrogen) atoms. The monoisotopic (exact) mass is 320 g/mol. The van der Waals surface area contributed by atoms with E-state index in [0.717, 1.165) is 24.2 Å². The second kappa shape index (κ2) is 7.68. The number of urea groups is 1. The molecule has 5 nitrogen and oxygen atoms in total. The van der Waals surface area contributed by atoms with E-state index in [9.17, 15) is 9.90 Å². The lowest BCUT2D eigenvalue weighted by Crippen LogP contribution is -2.48. The van der Waals surface area contributed by atoms with Crippen molar-refractivity contribution in [3.8, 4) is 5.75 Å². The first-order valence-corrected chi connectivity index (χ1v) is 8.31. The van der Waals surface area contributed by atoms with Crippen molar-refractivity contribution in [2.24, 2.45) is 5.92 Å². The van der Waals surface area contributed by atoms with Crippen LogP contribution in [-0.4, -0.2) is 41.8 Å². The molecule has 5 heteroatoms. The highest BCUT2D eigenvalue weighted by molar-refractivity contribution is 5.75. The summed E-state index contributed by atoms with van der Waals surface area (Å²) < 4.78 is 5.20. The number of methoxy groups -OCH3 is 1. The van der Waals surface area contributed by atoms with Gasteiger partial charge in [-0.15, -0.1) is 0 Å². The summed E-state index contributed by atoms with van der Waals surface area (Å²) in [6.07, 6.45) is 1.73. The third kappa shape index (κ3) is 4.86. The van der Waals surface area contributed by atoms with Gasteiger partial charge in [-0.3, -0.25) is 0 Å². The molecule has 2 atom stereocenters. The average Bonchev–Trinajstić information content (AvgIpc) is 3.34. The standard InChI is InChI=1S/C18H28N2O3/c1-12(2)20(11-13(3)21)18(22)19-17(14-5-6-14)15-7-9-16(23-4)10-8-15/h7-10,12-14,17,21H,5-6,11H2,1-4H3,(H,19,22). The molecule has 1 saturated carbocycles. The summed E-state index contributed by atoms with van der Waals surface area (Å²) in [6.45, 7) is 5.96. The first-order valence-electron chi connectivity index (χ1n) is 8.31. The van der Waals surface area contributed by atoms with Crippen molar-refractivity contribution in [2.75, 3.05) is 13.7 Å². The molecule has 2 rings (SSSR count). The normalized spacial score (nSPS) is 16.8. The number of ether oxygens (including phenoxy) is 1. The predicted molar refractivity (Wildman–Crippen MR) is 90.5 cm³/mol. The summed E-state index contributed by atoms with van der Waals surface area (Å²) in [4.78, 5) is 14.3. The summed E-state index contributed by atoms with van der Waals surface area (Å²) in [6, 6.07) is 7.81. The Labute approximate surface area is 138 Å². The number of nitrogens with one attached hydrogen (secondary N) is 1. The molecule has 1 aromatic rings. The van der Waals surface area contributed by atoms with Crippen LogP contribution in [0, 0.1) is 5.92 Å². The molecule has 2 N–H and O–H groups in total. The van der Waals surface area contributed by atoms with E-state index in [1.807, 2.05) is 38.1 Å². The zero-order valence-corrected chi connectivity index (χ0v) is 14.5. The van der Waals surface area contributed by atoms with Gasteiger partial charge in [0.05, 0.1) is 19.3 Å². The first kappa shape index (κ1) is 17.6. The lowest BCUT2D eigenvalue weighted by Gasteiger charge is -2.30. The van der Waals surface area contributed by atoms with Crippen LogP contribution >= 0.6 is 0 Å². The summed E-state index contributed by atoms with van der Waals surface area (Å²) in [7, 11) is 1.64. The van der Waals surface area contributed by atoms with Gasteiger partial charge in [0.25, 0.3) is 0 Å². The van der Waals surface area contributed by atoms with Gasteiger partial charge < -0.3 is 20.1 Å². The third-order valence-corrected chi connectivity index (χ3v) is 4.19. The number of nitrogens with zero attached hydrogens (tertiary/aromatic N) is 1. The van der Waals surface area contributed by atoms with E-state index in [1.165, 1.54) is 0 Å². The van der Waals surface area contributed by atoms with Crippen LogP contribution in [-0.2, 0) is 0 Å². The molecule has 1 fully saturated rings. The SMILES string of the molecule is COc1ccc(C(NC(=O)N(CC(C)O)C(C)C)C2CC2)cc1. The van der Waals surface area contributed by atoms with Crippen LogP contribution in [0.3, 0.4) is 0 Å². The topological polar surface area (TPSA) is 61.8 Å². The number of amides is 2. The van der Waals surface area contributed by atoms with Gasteiger partial charge in [0.1, 0.15) is 5.75 Å². The van der Waals surface area contributed by atoms with Gasteiger partial charge in [-0.25, -0.2) is 4.79 Å². The fourth-order valence-electron chi connectivity index (χ4n) is 2.74. The van der Waals surface area contributed by atoms with Gasteiger partial charge in [-0.2, -0.15) is 0 Å². The Morgan fingerprint density at radius 2 is 1.91 bits per heavy atom. The van der Waals surface area contributed by atoms with E-state index in [1.54, 1.807) is 18.9 Å². The Bertz CT molecular complexity index is 510. The smallest absolute Gasteiger partial charge is 0.318 e. The lowest BCUT2D eigenvalue weighted by atomic mass is 10.0. The largest absolute Gasteiger partial charge is 0.497 e. The molecule has 0 aromatic heterocycles. The number of carbonyl (C=O) groups excluding carboxylic acids is 1. The lowest BCUT2D eigenvalue weighted by molar-refractivity contribution is 0.117. The molecule has 0 bridgehead atoms. The van der Waals surface area contributed by atoms with Crippen LogP contribution in [0.15, 0.2) is 24.3 Å². The van der Waals surface area contributed by atoms with Crippen LogP contribution in [0.1, 0.15) is 45.2 Å². The van der Waals surface area contributed by atoms with Crippen LogP contribution in [0.5, 0.6) is 5.75 Å². The number of hydrogen-bond donors (Lipinski definition) is 2. The third-order valence-electron chi connectivity index (χ3n) is 4.19. The number of benzene rings is 1. The number of aliphatic hydroxyl groups excluding tert-OH is 1. The average molecular weight is 320 g/mol. The fraction of sp³-hybridized carbons (Fsp3) is 0.611. The zero-order valence-electron chi connectivity index (χ0n) is 14.5. The summed E-state index contributed by atoms with van der Waals surface area (Å²) in [5.41, 5.74) is 1.10. The Hall–Kier alpha value is -1.75. The Morgan fingerprint density at radius 3 is 2.35 bits per heavy atom. The minimum Gasteiger partial charge on any atom is -0.497 e. The van der Waals surface area contributed by atoms with Gasteiger partial charge in [-0.05, 0) is 57.2 Å². The first-order chi connectivity index (χ1) is 10.9. The molecular weight excluding hydrogens is 292 g/mol. The van der Waals surface area contributed by atoms with Gasteiger partial charge in [0, 0.05) is 12.6 Å². The molecule has 2 amide bonds. The van der Waals surface area contributed by atoms with Crippen LogP contribution in [0.4, 0.5) is 4.79 Å². The summed E-state index contributed by atoms with van der Waals surface area (Å²) in [5.74, 6) is 1.31. The van der Waals surface area contributed by atoms with E-state index < -0.39 is 6.10 Å². The Kier molecular flexibility index (Phi) is 5.88. The van der Waals surface area contributed by atoms with E-state index in [2.05, 4.69) is 5.32 Å². The molecule has 128 valence electrons. The Morgan fingerprint density at radius 1 is 1.30 bits per heavy atom. The minimum absolute atomic E-state index is 0.0173. The van der Waals surface area contributed by atoms with E-state index >= 15 is 0 Å². The van der Waals surface area contributed by atoms with Gasteiger partial charge in [0.15, 0.2) is 0 Å². The van der Waals surface area contributed by atoms with Gasteiger partial charge >= 0.3 is 6.03 Å². The van der Waals surface area contributed by atoms with E-state index in [4.69, 9.17) is 4.74 Å². The molecule has 0 saturated heterocycles. The number of rotatable bonds is 7. The molecule has 0 radical (unpaired) electrons. The molecule has 0 heterocycles. The maximum atomic E-state index is 12.6. The van der Waals surface area contributed by atoms with Gasteiger partial charge in [0.2, 0.25) is 0 Å². The molecule has 1 aliphatic carbocycles. The van der Waals surface area contributed by atoms with Crippen LogP contribution < -0.4 is 10.1 Å². The molecule has 1 aliphatic rings. The summed E-state index contributed by atoms with van der Waals surface area (Å²) in [5, 5.41) is 12.8. The highest BCUT2D eigenvalue weighted by atomic mass is 16.5. The molecule has 2 unspecified atom stereocenters. The van der Waals surface area contributed by atoms with Crippen molar-refractivity contribution in [3.63, 3.8) is 0 Å². The quantitative estimate of drug-likeness (QED) is 0.812. The van der Waals surface area contributed by atoms with Crippen molar-refractivity contribution in [3.05, 3.63) is 29.8 Å². The minimum atomic E-state index is -0.538. The number of aliphatic hydroxyl groups is 1. The molecule has 0 aliphatic heterocycles. The van der Waals surface area contributed by atoms with Crippen molar-refractivity contribution >= 4 is 6.03 Å². The molecule has 0 spiro atoms. The zero-order chi connectivity index (χ0) is 17.0. The van der Waals surface area contributed by atoms with Crippen LogP contribution in [0.2, 0.25) is 0 Å². The van der Waals surface area contributed by atoms with E-state index in [0.29, 0.717) is 12.5 Å². The van der Waals surface area contributed by atoms with E-state index in [-0.39, 0.29) is 18.1 Å². The second-order valence-electron chi connectivity index (χ2n) is 6.63. The fourth-order valence-corrected chi connectivity index (χ4v) is 2.74. The highest BCUT2D eigenvalue weighted by Gasteiger charge is 2.34. The van der Waals surface area contributed by atoms with Gasteiger partial charge in [-0.1, -0.05) is 12.1 Å². The maximum Gasteiger partial charge on any atom is 0.318 e. The van der Waals surface area contributed by atoms with Crippen molar-refractivity contribution < 1.29 is 14.6 Å². The second-order valence-corrected chi connectivity index (χ2v) is 6.63. The summed E-state index contributed by atoms with van der Waals surface area (Å²) >= 11 is 0. The van der Waals surface area contributed by atoms with Crippen molar-refractivity contribution in [1.82, 2.24) is 10.2 Å². The van der Waals surface area contributed by atoms with Crippen molar-refractivity contribution in [2.45, 2.75) is 51.8 Å². The maximum absolute atomic E-state index is 12.6.